The second-order valence-electron chi connectivity index (χ2n) is 6.86. The molecular weight excluding hydrogens is 344 g/mol. The highest BCUT2D eigenvalue weighted by atomic mass is 35.5. The summed E-state index contributed by atoms with van der Waals surface area (Å²) in [5.41, 5.74) is -0.840. The molecule has 0 heterocycles. The first-order valence-electron chi connectivity index (χ1n) is 8.40. The van der Waals surface area contributed by atoms with Crippen LogP contribution in [0.5, 0.6) is 5.75 Å². The summed E-state index contributed by atoms with van der Waals surface area (Å²) in [5, 5.41) is 3.16. The minimum Gasteiger partial charge on any atom is -0.476 e. The molecule has 1 atom stereocenters. The number of nitrogens with zero attached hydrogens (tertiary/aromatic N) is 1. The molecule has 1 amide bonds. The van der Waals surface area contributed by atoms with Gasteiger partial charge in [0.2, 0.25) is 0 Å². The summed E-state index contributed by atoms with van der Waals surface area (Å²) < 4.78 is 5.98. The molecule has 1 aromatic carbocycles. The number of nitrogens with one attached hydrogen (secondary N) is 1. The summed E-state index contributed by atoms with van der Waals surface area (Å²) in [6.07, 6.45) is 0.895. The Balaban J connectivity index is 2.97. The molecule has 0 spiro atoms. The van der Waals surface area contributed by atoms with Crippen molar-refractivity contribution in [1.82, 2.24) is 5.32 Å². The van der Waals surface area contributed by atoms with Crippen LogP contribution in [0.1, 0.15) is 41.0 Å². The smallest absolute Gasteiger partial charge is 0.318 e. The van der Waals surface area contributed by atoms with Gasteiger partial charge in [0, 0.05) is 24.6 Å². The molecule has 0 aliphatic heterocycles. The molecule has 25 heavy (non-hydrogen) atoms. The summed E-state index contributed by atoms with van der Waals surface area (Å²) >= 11 is 6.21. The lowest BCUT2D eigenvalue weighted by molar-refractivity contribution is -0.736. The van der Waals surface area contributed by atoms with E-state index in [4.69, 9.17) is 16.3 Å². The van der Waals surface area contributed by atoms with Gasteiger partial charge in [0.05, 0.1) is 9.93 Å². The second-order valence-corrected chi connectivity index (χ2v) is 7.26. The third-order valence-electron chi connectivity index (χ3n) is 4.17. The third kappa shape index (κ3) is 5.59. The zero-order valence-electron chi connectivity index (χ0n) is 15.8. The van der Waals surface area contributed by atoms with Gasteiger partial charge in [0.1, 0.15) is 5.75 Å². The van der Waals surface area contributed by atoms with E-state index in [1.54, 1.807) is 13.0 Å². The van der Waals surface area contributed by atoms with E-state index in [1.807, 2.05) is 13.8 Å². The van der Waals surface area contributed by atoms with Crippen LogP contribution in [0.3, 0.4) is 0 Å². The fourth-order valence-corrected chi connectivity index (χ4v) is 2.31. The number of carbonyl (C=O) groups is 1. The third-order valence-corrected chi connectivity index (χ3v) is 4.47. The number of benzene rings is 1. The largest absolute Gasteiger partial charge is 0.476 e. The highest BCUT2D eigenvalue weighted by molar-refractivity contribution is 6.32. The predicted molar refractivity (Wildman–Crippen MR) is 98.1 cm³/mol. The average molecular weight is 372 g/mol. The Kier molecular flexibility index (Phi) is 7.67. The molecule has 0 aromatic heterocycles. The number of halogens is 1. The van der Waals surface area contributed by atoms with Crippen LogP contribution in [0, 0.1) is 16.7 Å². The van der Waals surface area contributed by atoms with Crippen LogP contribution >= 0.6 is 11.6 Å². The lowest BCUT2D eigenvalue weighted by Gasteiger charge is -2.33. The van der Waals surface area contributed by atoms with Gasteiger partial charge in [-0.3, -0.25) is 4.79 Å². The Morgan fingerprint density at radius 1 is 1.32 bits per heavy atom. The van der Waals surface area contributed by atoms with Crippen LogP contribution in [0.15, 0.2) is 18.2 Å². The van der Waals surface area contributed by atoms with Crippen molar-refractivity contribution in [2.45, 2.75) is 46.6 Å². The van der Waals surface area contributed by atoms with E-state index in [0.29, 0.717) is 23.1 Å². The molecule has 0 bridgehead atoms. The van der Waals surface area contributed by atoms with Gasteiger partial charge in [-0.25, -0.2) is 4.84 Å². The molecule has 0 saturated carbocycles. The summed E-state index contributed by atoms with van der Waals surface area (Å²) in [4.78, 5) is 29.1. The molecule has 6 nitrogen and oxygen atoms in total. The van der Waals surface area contributed by atoms with E-state index in [0.717, 1.165) is 6.42 Å². The molecule has 1 unspecified atom stereocenters. The van der Waals surface area contributed by atoms with Crippen molar-refractivity contribution >= 4 is 23.2 Å². The first-order valence-corrected chi connectivity index (χ1v) is 8.77. The molecule has 0 radical (unpaired) electrons. The van der Waals surface area contributed by atoms with Crippen LogP contribution < -0.4 is 10.1 Å². The van der Waals surface area contributed by atoms with E-state index in [-0.39, 0.29) is 22.5 Å². The molecule has 0 saturated heterocycles. The minimum atomic E-state index is -1.08. The van der Waals surface area contributed by atoms with Crippen LogP contribution in [-0.2, 0) is 9.63 Å². The van der Waals surface area contributed by atoms with Crippen molar-refractivity contribution in [3.8, 4) is 5.75 Å². The topological polar surface area (TPSA) is 67.6 Å². The molecule has 140 valence electrons. The average Bonchev–Trinajstić information content (AvgIpc) is 2.55. The van der Waals surface area contributed by atoms with Gasteiger partial charge in [-0.2, -0.15) is 0 Å². The SMILES string of the molecule is CO[N+](=O)c1ccc(OC(C)(C(=O)NCCC(C)C)C(C)C)c(Cl)c1. The van der Waals surface area contributed by atoms with E-state index < -0.39 is 5.60 Å². The number of ether oxygens (including phenoxy) is 1. The predicted octanol–water partition coefficient (Wildman–Crippen LogP) is 4.27. The van der Waals surface area contributed by atoms with Gasteiger partial charge in [-0.15, -0.1) is 0 Å². The minimum absolute atomic E-state index is 0.0859. The Morgan fingerprint density at radius 3 is 2.44 bits per heavy atom. The quantitative estimate of drug-likeness (QED) is 0.658. The zero-order valence-corrected chi connectivity index (χ0v) is 16.5. The number of hydrogen-bond donors (Lipinski definition) is 1. The van der Waals surface area contributed by atoms with E-state index in [9.17, 15) is 9.70 Å². The van der Waals surface area contributed by atoms with Gasteiger partial charge < -0.3 is 10.1 Å². The fraction of sp³-hybridized carbons (Fsp3) is 0.611. The second kappa shape index (κ2) is 9.04. The van der Waals surface area contributed by atoms with Crippen LogP contribution in [-0.4, -0.2) is 30.1 Å². The molecule has 1 aromatic rings. The van der Waals surface area contributed by atoms with E-state index in [2.05, 4.69) is 24.0 Å². The zero-order chi connectivity index (χ0) is 19.2. The highest BCUT2D eigenvalue weighted by Gasteiger charge is 2.39. The Bertz CT molecular complexity index is 619. The van der Waals surface area contributed by atoms with Gasteiger partial charge in [0.25, 0.3) is 10.8 Å². The Morgan fingerprint density at radius 2 is 1.96 bits per heavy atom. The summed E-state index contributed by atoms with van der Waals surface area (Å²) in [6, 6.07) is 4.52. The molecule has 0 aliphatic rings. The summed E-state index contributed by atoms with van der Waals surface area (Å²) in [7, 11) is 1.27. The first-order chi connectivity index (χ1) is 11.6. The van der Waals surface area contributed by atoms with Gasteiger partial charge in [-0.1, -0.05) is 39.3 Å². The number of hydrogen-bond acceptors (Lipinski definition) is 4. The van der Waals surface area contributed by atoms with Crippen molar-refractivity contribution in [1.29, 1.82) is 0 Å². The summed E-state index contributed by atoms with van der Waals surface area (Å²) in [5.74, 6) is 0.567. The standard InChI is InChI=1S/C18H27ClN2O4/c1-12(2)9-10-20-17(22)18(5,13(3)4)25-16-8-7-14(11-15(16)19)21(23)24-6/h7-8,11-13H,9-10H2,1-6H3/p+1. The van der Waals surface area contributed by atoms with Crippen molar-refractivity contribution in [2.24, 2.45) is 11.8 Å². The number of rotatable bonds is 9. The molecule has 1 rings (SSSR count). The Hall–Kier alpha value is -1.82. The monoisotopic (exact) mass is 371 g/mol. The first kappa shape index (κ1) is 21.2. The lowest BCUT2D eigenvalue weighted by atomic mass is 9.91. The van der Waals surface area contributed by atoms with Crippen LogP contribution in [0.4, 0.5) is 5.69 Å². The van der Waals surface area contributed by atoms with Crippen LogP contribution in [0.25, 0.3) is 0 Å². The molecule has 0 aliphatic carbocycles. The normalized spacial score (nSPS) is 13.5. The van der Waals surface area contributed by atoms with Gasteiger partial charge >= 0.3 is 5.69 Å². The van der Waals surface area contributed by atoms with Gasteiger partial charge in [-0.05, 0) is 25.3 Å². The van der Waals surface area contributed by atoms with Crippen LogP contribution in [0.2, 0.25) is 5.02 Å². The van der Waals surface area contributed by atoms with Crippen molar-refractivity contribution in [2.75, 3.05) is 13.7 Å². The number of carbonyl (C=O) groups excluding carboxylic acids is 1. The van der Waals surface area contributed by atoms with Gasteiger partial charge in [0.15, 0.2) is 12.7 Å². The van der Waals surface area contributed by atoms with E-state index >= 15 is 0 Å². The highest BCUT2D eigenvalue weighted by Crippen LogP contribution is 2.33. The molecule has 0 fully saturated rings. The maximum Gasteiger partial charge on any atom is 0.318 e. The molecule has 1 N–H and O–H groups in total. The number of amides is 1. The maximum atomic E-state index is 12.7. The van der Waals surface area contributed by atoms with E-state index in [1.165, 1.54) is 19.2 Å². The molecule has 7 heteroatoms. The van der Waals surface area contributed by atoms with Crippen molar-refractivity contribution in [3.05, 3.63) is 28.1 Å². The maximum absolute atomic E-state index is 12.7. The van der Waals surface area contributed by atoms with Crippen molar-refractivity contribution in [3.63, 3.8) is 0 Å². The Labute approximate surface area is 154 Å². The lowest BCUT2D eigenvalue weighted by Crippen LogP contribution is -2.53. The fourth-order valence-electron chi connectivity index (χ4n) is 2.10. The summed E-state index contributed by atoms with van der Waals surface area (Å²) in [6.45, 7) is 10.4. The molecular formula is C18H28ClN2O4+. The van der Waals surface area contributed by atoms with Crippen molar-refractivity contribution < 1.29 is 19.3 Å².